The van der Waals surface area contributed by atoms with Crippen LogP contribution in [0.25, 0.3) is 0 Å². The van der Waals surface area contributed by atoms with Gasteiger partial charge in [-0.15, -0.1) is 0 Å². The predicted octanol–water partition coefficient (Wildman–Crippen LogP) is 4.63. The largest absolute Gasteiger partial charge is 0.370 e. The number of anilines is 3. The number of nitrogens with one attached hydrogen (secondary N) is 1. The lowest BCUT2D eigenvalue weighted by Crippen LogP contribution is -2.29. The van der Waals surface area contributed by atoms with E-state index < -0.39 is 0 Å². The number of benzene rings is 2. The summed E-state index contributed by atoms with van der Waals surface area (Å²) in [6, 6.07) is 13.5. The van der Waals surface area contributed by atoms with Gasteiger partial charge in [0.2, 0.25) is 11.8 Å². The monoisotopic (exact) mass is 411 g/mol. The first kappa shape index (κ1) is 19.8. The Labute approximate surface area is 176 Å². The summed E-state index contributed by atoms with van der Waals surface area (Å²) in [5.74, 6) is -0.536. The van der Waals surface area contributed by atoms with Gasteiger partial charge in [-0.05, 0) is 56.5 Å². The van der Waals surface area contributed by atoms with Crippen LogP contribution in [0.3, 0.4) is 0 Å². The summed E-state index contributed by atoms with van der Waals surface area (Å²) >= 11 is 6.49. The highest BCUT2D eigenvalue weighted by Crippen LogP contribution is 2.32. The van der Waals surface area contributed by atoms with Crippen LogP contribution >= 0.6 is 11.6 Å². The summed E-state index contributed by atoms with van der Waals surface area (Å²) in [7, 11) is 0. The third kappa shape index (κ3) is 4.40. The highest BCUT2D eigenvalue weighted by Gasteiger charge is 2.35. The minimum absolute atomic E-state index is 0.0209. The van der Waals surface area contributed by atoms with E-state index in [-0.39, 0.29) is 24.2 Å². The highest BCUT2D eigenvalue weighted by atomic mass is 35.5. The molecule has 0 bridgehead atoms. The molecule has 1 unspecified atom stereocenters. The fraction of sp³-hybridized carbons (Fsp3) is 0.391. The van der Waals surface area contributed by atoms with Crippen LogP contribution in [0.15, 0.2) is 42.5 Å². The van der Waals surface area contributed by atoms with Crippen molar-refractivity contribution in [1.82, 2.24) is 0 Å². The smallest absolute Gasteiger partial charge is 0.229 e. The van der Waals surface area contributed by atoms with Gasteiger partial charge in [0.15, 0.2) is 0 Å². The van der Waals surface area contributed by atoms with Crippen LogP contribution in [-0.4, -0.2) is 31.4 Å². The Kier molecular flexibility index (Phi) is 5.76. The summed E-state index contributed by atoms with van der Waals surface area (Å²) in [6.07, 6.45) is 3.85. The molecule has 29 heavy (non-hydrogen) atoms. The molecule has 6 heteroatoms. The Hall–Kier alpha value is -2.53. The highest BCUT2D eigenvalue weighted by molar-refractivity contribution is 6.33. The fourth-order valence-electron chi connectivity index (χ4n) is 4.08. The normalized spacial score (nSPS) is 19.5. The van der Waals surface area contributed by atoms with E-state index >= 15 is 0 Å². The van der Waals surface area contributed by atoms with Crippen molar-refractivity contribution >= 4 is 40.5 Å². The molecular formula is C23H26ClN3O2. The van der Waals surface area contributed by atoms with Crippen molar-refractivity contribution in [3.8, 4) is 0 Å². The van der Waals surface area contributed by atoms with Gasteiger partial charge in [-0.1, -0.05) is 29.3 Å². The van der Waals surface area contributed by atoms with Gasteiger partial charge in [0, 0.05) is 37.4 Å². The Bertz CT molecular complexity index is 907. The Balaban J connectivity index is 1.41. The molecule has 152 valence electrons. The molecule has 0 aliphatic carbocycles. The maximum atomic E-state index is 12.7. The van der Waals surface area contributed by atoms with Gasteiger partial charge in [0.1, 0.15) is 0 Å². The fourth-order valence-corrected chi connectivity index (χ4v) is 4.38. The van der Waals surface area contributed by atoms with E-state index in [0.717, 1.165) is 30.0 Å². The van der Waals surface area contributed by atoms with Crippen LogP contribution in [0.2, 0.25) is 5.02 Å². The summed E-state index contributed by atoms with van der Waals surface area (Å²) in [5, 5.41) is 3.58. The van der Waals surface area contributed by atoms with Gasteiger partial charge in [-0.2, -0.15) is 0 Å². The zero-order valence-electron chi connectivity index (χ0n) is 16.7. The molecule has 1 atom stereocenters. The molecule has 5 nitrogen and oxygen atoms in total. The number of nitrogens with zero attached hydrogens (tertiary/aromatic N) is 2. The minimum Gasteiger partial charge on any atom is -0.370 e. The van der Waals surface area contributed by atoms with Gasteiger partial charge < -0.3 is 15.1 Å². The quantitative estimate of drug-likeness (QED) is 0.797. The summed E-state index contributed by atoms with van der Waals surface area (Å²) in [6.45, 7) is 4.44. The van der Waals surface area contributed by atoms with Gasteiger partial charge >= 0.3 is 0 Å². The number of rotatable bonds is 4. The molecule has 2 saturated heterocycles. The second kappa shape index (κ2) is 8.46. The van der Waals surface area contributed by atoms with Gasteiger partial charge in [-0.25, -0.2) is 0 Å². The van der Waals surface area contributed by atoms with Crippen LogP contribution < -0.4 is 15.1 Å². The number of halogens is 1. The van der Waals surface area contributed by atoms with Crippen molar-refractivity contribution in [2.24, 2.45) is 5.92 Å². The summed E-state index contributed by atoms with van der Waals surface area (Å²) < 4.78 is 0. The van der Waals surface area contributed by atoms with Crippen molar-refractivity contribution in [1.29, 1.82) is 0 Å². The van der Waals surface area contributed by atoms with Crippen LogP contribution in [0, 0.1) is 12.8 Å². The molecule has 0 aromatic heterocycles. The summed E-state index contributed by atoms with van der Waals surface area (Å²) in [4.78, 5) is 29.2. The van der Waals surface area contributed by atoms with Crippen molar-refractivity contribution in [3.63, 3.8) is 0 Å². The first-order valence-corrected chi connectivity index (χ1v) is 10.6. The van der Waals surface area contributed by atoms with Crippen molar-refractivity contribution in [2.45, 2.75) is 32.6 Å². The average molecular weight is 412 g/mol. The number of amides is 2. The van der Waals surface area contributed by atoms with Crippen LogP contribution in [0.4, 0.5) is 17.1 Å². The van der Waals surface area contributed by atoms with Crippen molar-refractivity contribution in [2.75, 3.05) is 34.8 Å². The number of carbonyl (C=O) groups is 2. The minimum atomic E-state index is -0.371. The Morgan fingerprint density at radius 3 is 2.48 bits per heavy atom. The number of piperidine rings is 1. The van der Waals surface area contributed by atoms with Crippen molar-refractivity contribution < 1.29 is 9.59 Å². The van der Waals surface area contributed by atoms with E-state index in [1.54, 1.807) is 11.0 Å². The Morgan fingerprint density at radius 1 is 1.07 bits per heavy atom. The third-order valence-electron chi connectivity index (χ3n) is 5.75. The van der Waals surface area contributed by atoms with E-state index in [1.165, 1.54) is 19.3 Å². The standard InChI is InChI=1S/C23H26ClN3O2/c1-16-5-8-19(9-6-16)27-15-17(13-22(27)28)23(29)25-18-7-10-21(20(24)14-18)26-11-3-2-4-12-26/h5-10,14,17H,2-4,11-13,15H2,1H3,(H,25,29). The molecule has 2 fully saturated rings. The van der Waals surface area contributed by atoms with E-state index in [9.17, 15) is 9.59 Å². The van der Waals surface area contributed by atoms with Crippen LogP contribution in [0.1, 0.15) is 31.2 Å². The number of carbonyl (C=O) groups excluding carboxylic acids is 2. The predicted molar refractivity (Wildman–Crippen MR) is 118 cm³/mol. The molecule has 2 aromatic rings. The first-order valence-electron chi connectivity index (χ1n) is 10.2. The van der Waals surface area contributed by atoms with Gasteiger partial charge in [-0.3, -0.25) is 9.59 Å². The average Bonchev–Trinajstić information content (AvgIpc) is 3.11. The topological polar surface area (TPSA) is 52.7 Å². The van der Waals surface area contributed by atoms with Crippen LogP contribution in [0.5, 0.6) is 0 Å². The molecule has 4 rings (SSSR count). The molecule has 2 aromatic carbocycles. The molecule has 2 heterocycles. The lowest BCUT2D eigenvalue weighted by atomic mass is 10.1. The van der Waals surface area contributed by atoms with Crippen LogP contribution in [-0.2, 0) is 9.59 Å². The number of hydrogen-bond acceptors (Lipinski definition) is 3. The van der Waals surface area contributed by atoms with Gasteiger partial charge in [0.05, 0.1) is 16.6 Å². The zero-order chi connectivity index (χ0) is 20.4. The maximum Gasteiger partial charge on any atom is 0.229 e. The second-order valence-corrected chi connectivity index (χ2v) is 8.35. The summed E-state index contributed by atoms with van der Waals surface area (Å²) in [5.41, 5.74) is 3.66. The second-order valence-electron chi connectivity index (χ2n) is 7.94. The lowest BCUT2D eigenvalue weighted by Gasteiger charge is -2.29. The van der Waals surface area contributed by atoms with E-state index in [4.69, 9.17) is 11.6 Å². The maximum absolute atomic E-state index is 12.7. The molecule has 1 N–H and O–H groups in total. The Morgan fingerprint density at radius 2 is 1.79 bits per heavy atom. The molecule has 0 spiro atoms. The van der Waals surface area contributed by atoms with E-state index in [1.807, 2.05) is 43.3 Å². The zero-order valence-corrected chi connectivity index (χ0v) is 17.4. The first-order chi connectivity index (χ1) is 14.0. The SMILES string of the molecule is Cc1ccc(N2CC(C(=O)Nc3ccc(N4CCCCC4)c(Cl)c3)CC2=O)cc1. The molecule has 2 aliphatic rings. The number of aryl methyl sites for hydroxylation is 1. The third-order valence-corrected chi connectivity index (χ3v) is 6.06. The molecule has 0 radical (unpaired) electrons. The van der Waals surface area contributed by atoms with E-state index in [0.29, 0.717) is 17.3 Å². The van der Waals surface area contributed by atoms with Gasteiger partial charge in [0.25, 0.3) is 0 Å². The molecule has 2 aliphatic heterocycles. The van der Waals surface area contributed by atoms with E-state index in [2.05, 4.69) is 10.2 Å². The van der Waals surface area contributed by atoms with Crippen molar-refractivity contribution in [3.05, 3.63) is 53.1 Å². The molecular weight excluding hydrogens is 386 g/mol. The lowest BCUT2D eigenvalue weighted by molar-refractivity contribution is -0.122. The molecule has 2 amide bonds. The molecule has 0 saturated carbocycles. The number of hydrogen-bond donors (Lipinski definition) is 1.